The van der Waals surface area contributed by atoms with Crippen LogP contribution in [-0.2, 0) is 5.21 Å². The van der Waals surface area contributed by atoms with E-state index in [0.29, 0.717) is 11.4 Å². The van der Waals surface area contributed by atoms with Crippen LogP contribution in [-0.4, -0.2) is 27.0 Å². The van der Waals surface area contributed by atoms with E-state index in [1.165, 1.54) is 0 Å². The minimum Gasteiger partial charge on any atom is -0.398 e. The highest BCUT2D eigenvalue weighted by molar-refractivity contribution is 6.07. The zero-order valence-corrected chi connectivity index (χ0v) is 11.7. The van der Waals surface area contributed by atoms with Crippen LogP contribution in [0.5, 0.6) is 0 Å². The summed E-state index contributed by atoms with van der Waals surface area (Å²) in [7, 11) is 0. The van der Waals surface area contributed by atoms with Crippen molar-refractivity contribution in [3.8, 4) is 0 Å². The summed E-state index contributed by atoms with van der Waals surface area (Å²) in [5, 5.41) is 13.2. The fourth-order valence-corrected chi connectivity index (χ4v) is 2.25. The second-order valence-electron chi connectivity index (χ2n) is 5.68. The Kier molecular flexibility index (Phi) is 3.20. The fraction of sp³-hybridized carbons (Fsp3) is 0.429. The Balaban J connectivity index is 2.38. The lowest BCUT2D eigenvalue weighted by molar-refractivity contribution is -0.240. The van der Waals surface area contributed by atoms with Gasteiger partial charge in [0.2, 0.25) is 0 Å². The van der Waals surface area contributed by atoms with Crippen molar-refractivity contribution in [1.29, 1.82) is 0 Å². The van der Waals surface area contributed by atoms with Crippen LogP contribution < -0.4 is 5.73 Å². The number of hydroxylamine groups is 2. The van der Waals surface area contributed by atoms with Gasteiger partial charge in [0.25, 0.3) is 0 Å². The third-order valence-corrected chi connectivity index (χ3v) is 3.33. The number of rotatable bonds is 2. The van der Waals surface area contributed by atoms with E-state index in [0.717, 1.165) is 10.6 Å². The molecule has 2 N–H and O–H groups in total. The molecule has 101 valence electrons. The van der Waals surface area contributed by atoms with Gasteiger partial charge in [0.1, 0.15) is 5.66 Å². The Hall–Kier alpha value is -1.72. The average molecular weight is 259 g/mol. The first-order chi connectivity index (χ1) is 8.75. The first-order valence-corrected chi connectivity index (χ1v) is 6.20. The van der Waals surface area contributed by atoms with Crippen molar-refractivity contribution in [1.82, 2.24) is 10.0 Å². The van der Waals surface area contributed by atoms with Gasteiger partial charge in [-0.15, -0.1) is 10.3 Å². The van der Waals surface area contributed by atoms with Crippen molar-refractivity contribution >= 4 is 11.4 Å². The molecule has 0 unspecified atom stereocenters. The third-order valence-electron chi connectivity index (χ3n) is 3.33. The number of nitrogens with two attached hydrogens (primary N) is 1. The molecule has 0 amide bonds. The molecule has 2 heterocycles. The van der Waals surface area contributed by atoms with Crippen LogP contribution >= 0.6 is 0 Å². The normalized spacial score (nSPS) is 22.4. The molecule has 0 atom stereocenters. The molecule has 1 aromatic heterocycles. The summed E-state index contributed by atoms with van der Waals surface area (Å²) in [6.07, 6.45) is 5.14. The molecule has 1 radical (unpaired) electrons. The van der Waals surface area contributed by atoms with E-state index in [-0.39, 0.29) is 0 Å². The molecular formula is C14H19N4O. The topological polar surface area (TPSA) is 74.4 Å². The highest BCUT2D eigenvalue weighted by atomic mass is 16.5. The van der Waals surface area contributed by atoms with Gasteiger partial charge >= 0.3 is 0 Å². The lowest BCUT2D eigenvalue weighted by atomic mass is 9.97. The third kappa shape index (κ3) is 2.39. The predicted molar refractivity (Wildman–Crippen MR) is 74.5 cm³/mol. The lowest BCUT2D eigenvalue weighted by Gasteiger charge is -2.30. The monoisotopic (exact) mass is 259 g/mol. The second kappa shape index (κ2) is 4.43. The van der Waals surface area contributed by atoms with Gasteiger partial charge in [0.05, 0.1) is 11.3 Å². The molecule has 5 nitrogen and oxygen atoms in total. The van der Waals surface area contributed by atoms with Gasteiger partial charge < -0.3 is 5.73 Å². The van der Waals surface area contributed by atoms with E-state index < -0.39 is 11.2 Å². The molecule has 0 saturated heterocycles. The van der Waals surface area contributed by atoms with E-state index in [1.807, 2.05) is 26.0 Å². The van der Waals surface area contributed by atoms with E-state index in [2.05, 4.69) is 9.98 Å². The number of hydrogen-bond acceptors (Lipinski definition) is 4. The maximum Gasteiger partial charge on any atom is 0.134 e. The van der Waals surface area contributed by atoms with Gasteiger partial charge in [-0.2, -0.15) is 0 Å². The Morgan fingerprint density at radius 1 is 1.26 bits per heavy atom. The van der Waals surface area contributed by atoms with Crippen LogP contribution in [0.1, 0.15) is 33.3 Å². The Morgan fingerprint density at radius 2 is 1.84 bits per heavy atom. The van der Waals surface area contributed by atoms with Gasteiger partial charge in [0.15, 0.2) is 0 Å². The van der Waals surface area contributed by atoms with Gasteiger partial charge in [0, 0.05) is 23.7 Å². The smallest absolute Gasteiger partial charge is 0.134 e. The summed E-state index contributed by atoms with van der Waals surface area (Å²) >= 11 is 0. The Labute approximate surface area is 113 Å². The molecule has 0 aliphatic carbocycles. The van der Waals surface area contributed by atoms with Crippen LogP contribution in [0, 0.1) is 0 Å². The summed E-state index contributed by atoms with van der Waals surface area (Å²) in [5.74, 6) is 0. The largest absolute Gasteiger partial charge is 0.398 e. The summed E-state index contributed by atoms with van der Waals surface area (Å²) in [6, 6.07) is 3.66. The summed E-state index contributed by atoms with van der Waals surface area (Å²) in [6.45, 7) is 7.30. The SMILES string of the molecule is CC1(C)N=C(/C=C(\N)c2ccncc2)C(C)(C)N1[O]. The zero-order valence-electron chi connectivity index (χ0n) is 11.7. The summed E-state index contributed by atoms with van der Waals surface area (Å²) < 4.78 is 0. The molecule has 0 saturated carbocycles. The lowest BCUT2D eigenvalue weighted by Crippen LogP contribution is -2.48. The summed E-state index contributed by atoms with van der Waals surface area (Å²) in [5.41, 5.74) is 6.78. The summed E-state index contributed by atoms with van der Waals surface area (Å²) in [4.78, 5) is 8.43. The van der Waals surface area contributed by atoms with Gasteiger partial charge in [-0.05, 0) is 45.9 Å². The molecule has 2 rings (SSSR count). The van der Waals surface area contributed by atoms with Gasteiger partial charge in [-0.25, -0.2) is 0 Å². The maximum absolute atomic E-state index is 12.2. The van der Waals surface area contributed by atoms with Crippen LogP contribution in [0.15, 0.2) is 35.6 Å². The van der Waals surface area contributed by atoms with E-state index in [9.17, 15) is 5.21 Å². The molecule has 19 heavy (non-hydrogen) atoms. The molecular weight excluding hydrogens is 240 g/mol. The number of hydrogen-bond donors (Lipinski definition) is 1. The van der Waals surface area contributed by atoms with E-state index in [1.54, 1.807) is 32.3 Å². The number of pyridine rings is 1. The van der Waals surface area contributed by atoms with Crippen LogP contribution in [0.2, 0.25) is 0 Å². The molecule has 5 heteroatoms. The first-order valence-electron chi connectivity index (χ1n) is 6.20. The maximum atomic E-state index is 12.2. The molecule has 0 bridgehead atoms. The highest BCUT2D eigenvalue weighted by Gasteiger charge is 2.47. The number of aliphatic imine (C=N–C) groups is 1. The highest BCUT2D eigenvalue weighted by Crippen LogP contribution is 2.34. The van der Waals surface area contributed by atoms with E-state index >= 15 is 0 Å². The quantitative estimate of drug-likeness (QED) is 0.882. The zero-order chi connectivity index (χ0) is 14.3. The van der Waals surface area contributed by atoms with E-state index in [4.69, 9.17) is 5.73 Å². The standard InChI is InChI=1S/C14H19N4O/c1-13(2)12(17-14(3,4)18(13)19)9-11(15)10-5-7-16-8-6-10/h5-9H,15H2,1-4H3/b11-9-. The van der Waals surface area contributed by atoms with Crippen LogP contribution in [0.3, 0.4) is 0 Å². The second-order valence-corrected chi connectivity index (χ2v) is 5.68. The number of nitrogens with zero attached hydrogens (tertiary/aromatic N) is 3. The van der Waals surface area contributed by atoms with Crippen molar-refractivity contribution in [3.63, 3.8) is 0 Å². The minimum absolute atomic E-state index is 0.584. The molecule has 0 aromatic carbocycles. The van der Waals surface area contributed by atoms with Gasteiger partial charge in [-0.3, -0.25) is 9.98 Å². The predicted octanol–water partition coefficient (Wildman–Crippen LogP) is 2.00. The van der Waals surface area contributed by atoms with Gasteiger partial charge in [-0.1, -0.05) is 0 Å². The van der Waals surface area contributed by atoms with Crippen LogP contribution in [0.4, 0.5) is 0 Å². The van der Waals surface area contributed by atoms with Crippen molar-refractivity contribution in [2.24, 2.45) is 10.7 Å². The molecule has 1 aliphatic rings. The fourth-order valence-electron chi connectivity index (χ4n) is 2.25. The molecule has 0 spiro atoms. The van der Waals surface area contributed by atoms with Crippen molar-refractivity contribution < 1.29 is 5.21 Å². The minimum atomic E-state index is -0.756. The Morgan fingerprint density at radius 3 is 2.32 bits per heavy atom. The molecule has 1 aliphatic heterocycles. The van der Waals surface area contributed by atoms with Crippen molar-refractivity contribution in [3.05, 3.63) is 36.2 Å². The van der Waals surface area contributed by atoms with Crippen LogP contribution in [0.25, 0.3) is 5.70 Å². The number of aromatic nitrogens is 1. The first kappa shape index (κ1) is 13.7. The van der Waals surface area contributed by atoms with Crippen molar-refractivity contribution in [2.75, 3.05) is 0 Å². The molecule has 1 aromatic rings. The molecule has 0 fully saturated rings. The Bertz CT molecular complexity index is 532. The average Bonchev–Trinajstić information content (AvgIpc) is 2.51. The van der Waals surface area contributed by atoms with Crippen molar-refractivity contribution in [2.45, 2.75) is 38.9 Å².